The average Bonchev–Trinajstić information content (AvgIpc) is 2.29. The quantitative estimate of drug-likeness (QED) is 0.874. The van der Waals surface area contributed by atoms with Crippen LogP contribution >= 0.6 is 15.9 Å². The van der Waals surface area contributed by atoms with Crippen LogP contribution in [0.3, 0.4) is 0 Å². The second-order valence-corrected chi connectivity index (χ2v) is 5.26. The Morgan fingerprint density at radius 2 is 2.12 bits per heavy atom. The molecule has 1 unspecified atom stereocenters. The third-order valence-corrected chi connectivity index (χ3v) is 3.16. The lowest BCUT2D eigenvalue weighted by atomic mass is 10.1. The smallest absolute Gasteiger partial charge is 0.124 e. The number of ether oxygens (including phenoxy) is 1. The summed E-state index contributed by atoms with van der Waals surface area (Å²) in [5, 5.41) is 3.24. The Balaban J connectivity index is 2.76. The molecule has 0 aliphatic carbocycles. The van der Waals surface area contributed by atoms with Crippen molar-refractivity contribution in [3.63, 3.8) is 0 Å². The van der Waals surface area contributed by atoms with Gasteiger partial charge in [-0.05, 0) is 46.3 Å². The highest BCUT2D eigenvalue weighted by Crippen LogP contribution is 2.28. The van der Waals surface area contributed by atoms with Gasteiger partial charge in [0.05, 0.1) is 0 Å². The van der Waals surface area contributed by atoms with Crippen molar-refractivity contribution >= 4 is 15.9 Å². The second kappa shape index (κ2) is 6.99. The molecule has 0 bridgehead atoms. The first kappa shape index (κ1) is 14.5. The molecule has 96 valence electrons. The van der Waals surface area contributed by atoms with E-state index in [2.05, 4.69) is 39.1 Å². The van der Waals surface area contributed by atoms with Crippen LogP contribution < -0.4 is 10.1 Å². The predicted molar refractivity (Wildman–Crippen MR) is 75.7 cm³/mol. The Kier molecular flexibility index (Phi) is 5.95. The molecule has 1 rings (SSSR count). The summed E-state index contributed by atoms with van der Waals surface area (Å²) in [4.78, 5) is 2.11. The van der Waals surface area contributed by atoms with Crippen molar-refractivity contribution < 1.29 is 4.74 Å². The van der Waals surface area contributed by atoms with Gasteiger partial charge in [-0.25, -0.2) is 0 Å². The molecule has 0 aliphatic heterocycles. The van der Waals surface area contributed by atoms with E-state index in [0.717, 1.165) is 16.8 Å². The van der Waals surface area contributed by atoms with E-state index >= 15 is 0 Å². The molecule has 0 saturated heterocycles. The summed E-state index contributed by atoms with van der Waals surface area (Å²) in [5.41, 5.74) is 1.18. The van der Waals surface area contributed by atoms with E-state index in [0.29, 0.717) is 6.61 Å². The van der Waals surface area contributed by atoms with Crippen LogP contribution in [-0.4, -0.2) is 39.2 Å². The SMILES string of the molecule is CNC(C)c1cc(Br)ccc1OCCN(C)C. The lowest BCUT2D eigenvalue weighted by molar-refractivity contribution is 0.258. The van der Waals surface area contributed by atoms with Gasteiger partial charge in [0.2, 0.25) is 0 Å². The van der Waals surface area contributed by atoms with E-state index in [1.54, 1.807) is 0 Å². The van der Waals surface area contributed by atoms with Crippen LogP contribution in [0.15, 0.2) is 22.7 Å². The normalized spacial score (nSPS) is 12.8. The van der Waals surface area contributed by atoms with E-state index in [-0.39, 0.29) is 6.04 Å². The number of hydrogen-bond donors (Lipinski definition) is 1. The van der Waals surface area contributed by atoms with Crippen molar-refractivity contribution in [2.24, 2.45) is 0 Å². The van der Waals surface area contributed by atoms with Crippen molar-refractivity contribution in [2.45, 2.75) is 13.0 Å². The van der Waals surface area contributed by atoms with Gasteiger partial charge in [0.1, 0.15) is 12.4 Å². The summed E-state index contributed by atoms with van der Waals surface area (Å²) in [5.74, 6) is 0.955. The standard InChI is InChI=1S/C13H21BrN2O/c1-10(15-2)12-9-11(14)5-6-13(12)17-8-7-16(3)4/h5-6,9-10,15H,7-8H2,1-4H3. The van der Waals surface area contributed by atoms with E-state index < -0.39 is 0 Å². The minimum absolute atomic E-state index is 0.279. The van der Waals surface area contributed by atoms with Gasteiger partial charge in [-0.1, -0.05) is 15.9 Å². The number of halogens is 1. The largest absolute Gasteiger partial charge is 0.492 e. The van der Waals surface area contributed by atoms with Crippen LogP contribution in [0.4, 0.5) is 0 Å². The van der Waals surface area contributed by atoms with Gasteiger partial charge >= 0.3 is 0 Å². The van der Waals surface area contributed by atoms with Crippen molar-refractivity contribution in [3.8, 4) is 5.75 Å². The fourth-order valence-electron chi connectivity index (χ4n) is 1.48. The molecule has 1 atom stereocenters. The molecule has 0 aromatic heterocycles. The average molecular weight is 301 g/mol. The zero-order valence-corrected chi connectivity index (χ0v) is 12.5. The third-order valence-electron chi connectivity index (χ3n) is 2.67. The highest BCUT2D eigenvalue weighted by atomic mass is 79.9. The first-order valence-corrected chi connectivity index (χ1v) is 6.58. The van der Waals surface area contributed by atoms with E-state index in [1.165, 1.54) is 5.56 Å². The Labute approximate surface area is 112 Å². The molecule has 3 nitrogen and oxygen atoms in total. The monoisotopic (exact) mass is 300 g/mol. The molecule has 0 amide bonds. The topological polar surface area (TPSA) is 24.5 Å². The zero-order chi connectivity index (χ0) is 12.8. The first-order chi connectivity index (χ1) is 8.04. The molecule has 0 spiro atoms. The number of likely N-dealkylation sites (N-methyl/N-ethyl adjacent to an activating group) is 1. The van der Waals surface area contributed by atoms with Gasteiger partial charge < -0.3 is 15.0 Å². The molecule has 0 aliphatic rings. The highest BCUT2D eigenvalue weighted by Gasteiger charge is 2.10. The summed E-state index contributed by atoms with van der Waals surface area (Å²) >= 11 is 3.49. The Hall–Kier alpha value is -0.580. The van der Waals surface area contributed by atoms with Crippen LogP contribution in [0.5, 0.6) is 5.75 Å². The van der Waals surface area contributed by atoms with Crippen LogP contribution in [0, 0.1) is 0 Å². The molecule has 0 radical (unpaired) electrons. The van der Waals surface area contributed by atoms with Crippen LogP contribution in [-0.2, 0) is 0 Å². The van der Waals surface area contributed by atoms with Crippen LogP contribution in [0.1, 0.15) is 18.5 Å². The highest BCUT2D eigenvalue weighted by molar-refractivity contribution is 9.10. The van der Waals surface area contributed by atoms with Gasteiger partial charge in [-0.3, -0.25) is 0 Å². The third kappa shape index (κ3) is 4.66. The second-order valence-electron chi connectivity index (χ2n) is 4.34. The number of nitrogens with zero attached hydrogens (tertiary/aromatic N) is 1. The molecular weight excluding hydrogens is 280 g/mol. The molecule has 4 heteroatoms. The van der Waals surface area contributed by atoms with Crippen LogP contribution in [0.2, 0.25) is 0 Å². The number of nitrogens with one attached hydrogen (secondary N) is 1. The van der Waals surface area contributed by atoms with Gasteiger partial charge in [0, 0.05) is 22.6 Å². The number of hydrogen-bond acceptors (Lipinski definition) is 3. The summed E-state index contributed by atoms with van der Waals surface area (Å²) < 4.78 is 6.90. The fraction of sp³-hybridized carbons (Fsp3) is 0.538. The summed E-state index contributed by atoms with van der Waals surface area (Å²) in [6.45, 7) is 3.75. The lowest BCUT2D eigenvalue weighted by Crippen LogP contribution is -2.20. The Morgan fingerprint density at radius 3 is 2.71 bits per heavy atom. The molecule has 0 saturated carbocycles. The number of rotatable bonds is 6. The van der Waals surface area contributed by atoms with E-state index in [1.807, 2.05) is 33.3 Å². The Bertz CT molecular complexity index is 355. The van der Waals surface area contributed by atoms with E-state index in [4.69, 9.17) is 4.74 Å². The van der Waals surface area contributed by atoms with Gasteiger partial charge in [0.25, 0.3) is 0 Å². The maximum absolute atomic E-state index is 5.82. The first-order valence-electron chi connectivity index (χ1n) is 5.79. The summed E-state index contributed by atoms with van der Waals surface area (Å²) in [7, 11) is 6.04. The van der Waals surface area contributed by atoms with Crippen LogP contribution in [0.25, 0.3) is 0 Å². The maximum Gasteiger partial charge on any atom is 0.124 e. The van der Waals surface area contributed by atoms with Crippen molar-refractivity contribution in [3.05, 3.63) is 28.2 Å². The maximum atomic E-state index is 5.82. The molecule has 0 heterocycles. The Morgan fingerprint density at radius 1 is 1.41 bits per heavy atom. The molecule has 1 aromatic carbocycles. The fourth-order valence-corrected chi connectivity index (χ4v) is 1.86. The van der Waals surface area contributed by atoms with Crippen molar-refractivity contribution in [1.82, 2.24) is 10.2 Å². The zero-order valence-electron chi connectivity index (χ0n) is 11.0. The van der Waals surface area contributed by atoms with Gasteiger partial charge in [0.15, 0.2) is 0 Å². The van der Waals surface area contributed by atoms with E-state index in [9.17, 15) is 0 Å². The summed E-state index contributed by atoms with van der Waals surface area (Å²) in [6.07, 6.45) is 0. The molecule has 1 aromatic rings. The molecule has 1 N–H and O–H groups in total. The molecule has 0 fully saturated rings. The summed E-state index contributed by atoms with van der Waals surface area (Å²) in [6, 6.07) is 6.41. The van der Waals surface area contributed by atoms with Gasteiger partial charge in [-0.2, -0.15) is 0 Å². The molecular formula is C13H21BrN2O. The van der Waals surface area contributed by atoms with Gasteiger partial charge in [-0.15, -0.1) is 0 Å². The lowest BCUT2D eigenvalue weighted by Gasteiger charge is -2.18. The predicted octanol–water partition coefficient (Wildman–Crippen LogP) is 2.67. The minimum atomic E-state index is 0.279. The molecule has 17 heavy (non-hydrogen) atoms. The number of benzene rings is 1. The minimum Gasteiger partial charge on any atom is -0.492 e. The van der Waals surface area contributed by atoms with Crippen molar-refractivity contribution in [1.29, 1.82) is 0 Å². The van der Waals surface area contributed by atoms with Crippen molar-refractivity contribution in [2.75, 3.05) is 34.3 Å².